The van der Waals surface area contributed by atoms with Gasteiger partial charge in [0.05, 0.1) is 0 Å². The van der Waals surface area contributed by atoms with Crippen molar-refractivity contribution in [2.24, 2.45) is 5.92 Å². The molecule has 0 amide bonds. The summed E-state index contributed by atoms with van der Waals surface area (Å²) in [6, 6.07) is 27.7. The van der Waals surface area contributed by atoms with Crippen molar-refractivity contribution in [1.82, 2.24) is 0 Å². The van der Waals surface area contributed by atoms with Gasteiger partial charge in [0.2, 0.25) is 0 Å². The van der Waals surface area contributed by atoms with Crippen LogP contribution in [0.4, 0.5) is 4.39 Å². The lowest BCUT2D eigenvalue weighted by molar-refractivity contribution is 0.588. The third-order valence-corrected chi connectivity index (χ3v) is 6.60. The quantitative estimate of drug-likeness (QED) is 0.210. The van der Waals surface area contributed by atoms with E-state index in [9.17, 15) is 4.39 Å². The molecule has 176 valence electrons. The first-order valence-electron chi connectivity index (χ1n) is 12.3. The van der Waals surface area contributed by atoms with Crippen molar-refractivity contribution in [3.05, 3.63) is 138 Å². The van der Waals surface area contributed by atoms with Gasteiger partial charge in [-0.3, -0.25) is 0 Å². The maximum atomic E-state index is 13.6. The second-order valence-electron chi connectivity index (χ2n) is 9.35. The van der Waals surface area contributed by atoms with E-state index in [-0.39, 0.29) is 5.83 Å². The second kappa shape index (κ2) is 11.1. The molecule has 0 aromatic heterocycles. The van der Waals surface area contributed by atoms with Gasteiger partial charge in [-0.15, -0.1) is 0 Å². The molecule has 0 bridgehead atoms. The van der Waals surface area contributed by atoms with Gasteiger partial charge in [-0.1, -0.05) is 109 Å². The number of benzene rings is 4. The van der Waals surface area contributed by atoms with Crippen molar-refractivity contribution in [2.75, 3.05) is 0 Å². The Morgan fingerprint density at radius 2 is 1.40 bits per heavy atom. The number of rotatable bonds is 4. The molecule has 0 nitrogen and oxygen atoms in total. The fraction of sp³-hybridized carbons (Fsp3) is 0.176. The first-order valence-corrected chi connectivity index (χ1v) is 12.3. The lowest BCUT2D eigenvalue weighted by Gasteiger charge is -2.16. The van der Waals surface area contributed by atoms with Crippen LogP contribution in [0.3, 0.4) is 0 Å². The molecular weight excluding hydrogens is 427 g/mol. The van der Waals surface area contributed by atoms with Crippen molar-refractivity contribution in [2.45, 2.75) is 33.6 Å². The summed E-state index contributed by atoms with van der Waals surface area (Å²) in [6.07, 6.45) is 9.58. The number of halogens is 1. The van der Waals surface area contributed by atoms with E-state index >= 15 is 0 Å². The van der Waals surface area contributed by atoms with Crippen LogP contribution in [0.25, 0.3) is 27.1 Å². The van der Waals surface area contributed by atoms with Gasteiger partial charge in [0, 0.05) is 0 Å². The number of fused-ring (bicyclic) bond motifs is 2. The molecule has 4 aromatic rings. The lowest BCUT2D eigenvalue weighted by atomic mass is 9.88. The summed E-state index contributed by atoms with van der Waals surface area (Å²) in [5, 5.41) is 4.95. The highest BCUT2D eigenvalue weighted by molar-refractivity contribution is 6.10. The van der Waals surface area contributed by atoms with Crippen LogP contribution in [0.1, 0.15) is 36.5 Å². The van der Waals surface area contributed by atoms with Crippen molar-refractivity contribution in [3.8, 4) is 0 Å². The minimum Gasteiger partial charge on any atom is -0.207 e. The van der Waals surface area contributed by atoms with Gasteiger partial charge in [0.25, 0.3) is 0 Å². The molecule has 0 radical (unpaired) electrons. The Morgan fingerprint density at radius 3 is 1.91 bits per heavy atom. The van der Waals surface area contributed by atoms with Crippen LogP contribution in [0, 0.1) is 19.8 Å². The van der Waals surface area contributed by atoms with Gasteiger partial charge in [-0.2, -0.15) is 0 Å². The number of allylic oxidation sites excluding steroid dienone is 7. The van der Waals surface area contributed by atoms with Crippen LogP contribution in [-0.4, -0.2) is 0 Å². The standard InChI is InChI=1S/C26H23F.C8H10/c1-3-20(14-12-19-13-15-25(27)18(2)16-19)26-23-10-6-4-8-21(23)17-22-9-5-7-11-24(22)26;1-7-3-5-8(2)6-4-7/h3-11,14-17,19H,1,12-13H2,2H3;3-6H,1-2H3/b20-14+;. The van der Waals surface area contributed by atoms with Gasteiger partial charge >= 0.3 is 0 Å². The first kappa shape index (κ1) is 24.4. The average molecular weight is 461 g/mol. The van der Waals surface area contributed by atoms with E-state index in [1.807, 2.05) is 19.1 Å². The van der Waals surface area contributed by atoms with Crippen LogP contribution in [0.5, 0.6) is 0 Å². The summed E-state index contributed by atoms with van der Waals surface area (Å²) in [5.74, 6) is 0.250. The molecule has 0 heterocycles. The molecular formula is C34H33F. The van der Waals surface area contributed by atoms with Gasteiger partial charge in [-0.05, 0) is 89.9 Å². The second-order valence-corrected chi connectivity index (χ2v) is 9.35. The summed E-state index contributed by atoms with van der Waals surface area (Å²) >= 11 is 0. The smallest absolute Gasteiger partial charge is 0.121 e. The highest BCUT2D eigenvalue weighted by Gasteiger charge is 2.14. The highest BCUT2D eigenvalue weighted by atomic mass is 19.1. The summed E-state index contributed by atoms with van der Waals surface area (Å²) < 4.78 is 13.6. The lowest BCUT2D eigenvalue weighted by Crippen LogP contribution is -2.01. The Kier molecular flexibility index (Phi) is 7.77. The van der Waals surface area contributed by atoms with E-state index in [1.54, 1.807) is 6.08 Å². The predicted molar refractivity (Wildman–Crippen MR) is 151 cm³/mol. The van der Waals surface area contributed by atoms with Crippen molar-refractivity contribution in [3.63, 3.8) is 0 Å². The molecule has 35 heavy (non-hydrogen) atoms. The van der Waals surface area contributed by atoms with Gasteiger partial charge in [0.15, 0.2) is 0 Å². The summed E-state index contributed by atoms with van der Waals surface area (Å²) in [7, 11) is 0. The topological polar surface area (TPSA) is 0 Å². The summed E-state index contributed by atoms with van der Waals surface area (Å²) in [5.41, 5.74) is 5.78. The van der Waals surface area contributed by atoms with Crippen LogP contribution < -0.4 is 0 Å². The van der Waals surface area contributed by atoms with Crippen molar-refractivity contribution < 1.29 is 4.39 Å². The largest absolute Gasteiger partial charge is 0.207 e. The van der Waals surface area contributed by atoms with Crippen LogP contribution >= 0.6 is 0 Å². The zero-order valence-electron chi connectivity index (χ0n) is 20.9. The Bertz CT molecular complexity index is 1360. The first-order chi connectivity index (χ1) is 17.0. The van der Waals surface area contributed by atoms with Crippen LogP contribution in [-0.2, 0) is 0 Å². The van der Waals surface area contributed by atoms with Crippen molar-refractivity contribution in [1.29, 1.82) is 0 Å². The Balaban J connectivity index is 0.000000308. The third kappa shape index (κ3) is 5.87. The van der Waals surface area contributed by atoms with E-state index in [0.717, 1.165) is 24.0 Å². The van der Waals surface area contributed by atoms with E-state index < -0.39 is 0 Å². The van der Waals surface area contributed by atoms with Gasteiger partial charge in [-0.25, -0.2) is 4.39 Å². The Morgan fingerprint density at radius 1 is 0.857 bits per heavy atom. The number of hydrogen-bond donors (Lipinski definition) is 0. The predicted octanol–water partition coefficient (Wildman–Crippen LogP) is 10.1. The van der Waals surface area contributed by atoms with E-state index in [0.29, 0.717) is 5.92 Å². The molecule has 1 atom stereocenters. The molecule has 1 heteroatoms. The van der Waals surface area contributed by atoms with Gasteiger partial charge in [0.1, 0.15) is 5.83 Å². The SMILES string of the molecule is C=C/C(=C\CC1C=C(C)C(F)=CC1)c1c2ccccc2cc2ccccc12.Cc1ccc(C)cc1. The zero-order chi connectivity index (χ0) is 24.8. The minimum absolute atomic E-state index is 0.0841. The molecule has 1 aliphatic carbocycles. The van der Waals surface area contributed by atoms with Crippen molar-refractivity contribution >= 4 is 27.1 Å². The summed E-state index contributed by atoms with van der Waals surface area (Å²) in [4.78, 5) is 0. The number of hydrogen-bond acceptors (Lipinski definition) is 0. The van der Waals surface area contributed by atoms with Crippen LogP contribution in [0.2, 0.25) is 0 Å². The molecule has 0 spiro atoms. The van der Waals surface area contributed by atoms with E-state index in [4.69, 9.17) is 0 Å². The molecule has 5 rings (SSSR count). The van der Waals surface area contributed by atoms with E-state index in [1.165, 1.54) is 38.2 Å². The minimum atomic E-state index is -0.0841. The Hall–Kier alpha value is -3.71. The Labute approximate surface area is 208 Å². The average Bonchev–Trinajstić information content (AvgIpc) is 2.88. The molecule has 0 aliphatic heterocycles. The normalized spacial score (nSPS) is 15.8. The maximum Gasteiger partial charge on any atom is 0.121 e. The monoisotopic (exact) mass is 460 g/mol. The van der Waals surface area contributed by atoms with Gasteiger partial charge < -0.3 is 0 Å². The fourth-order valence-corrected chi connectivity index (χ4v) is 4.61. The van der Waals surface area contributed by atoms with Crippen LogP contribution in [0.15, 0.2) is 121 Å². The third-order valence-electron chi connectivity index (χ3n) is 6.60. The molecule has 0 fully saturated rings. The maximum absolute atomic E-state index is 13.6. The molecule has 0 N–H and O–H groups in total. The number of aryl methyl sites for hydroxylation is 2. The zero-order valence-corrected chi connectivity index (χ0v) is 20.9. The summed E-state index contributed by atoms with van der Waals surface area (Å²) in [6.45, 7) is 10.1. The van der Waals surface area contributed by atoms with E-state index in [2.05, 4.69) is 105 Å². The molecule has 1 unspecified atom stereocenters. The highest BCUT2D eigenvalue weighted by Crippen LogP contribution is 2.35. The molecule has 0 saturated heterocycles. The fourth-order valence-electron chi connectivity index (χ4n) is 4.61. The molecule has 4 aromatic carbocycles. The molecule has 0 saturated carbocycles. The molecule has 1 aliphatic rings.